The fraction of sp³-hybridized carbons (Fsp3) is 0.394. The maximum atomic E-state index is 14.3. The van der Waals surface area contributed by atoms with Gasteiger partial charge in [0.2, 0.25) is 11.8 Å². The Balaban J connectivity index is 2.14. The molecule has 0 radical (unpaired) electrons. The Kier molecular flexibility index (Phi) is 12.0. The van der Waals surface area contributed by atoms with Crippen molar-refractivity contribution in [1.82, 2.24) is 10.2 Å². The van der Waals surface area contributed by atoms with Gasteiger partial charge in [0.15, 0.2) is 0 Å². The lowest BCUT2D eigenvalue weighted by Crippen LogP contribution is -2.53. The van der Waals surface area contributed by atoms with Crippen LogP contribution in [-0.2, 0) is 26.2 Å². The molecule has 1 N–H and O–H groups in total. The van der Waals surface area contributed by atoms with Crippen LogP contribution < -0.4 is 23.8 Å². The fourth-order valence-electron chi connectivity index (χ4n) is 4.63. The maximum Gasteiger partial charge on any atom is 0.264 e. The van der Waals surface area contributed by atoms with Gasteiger partial charge in [-0.25, -0.2) is 8.42 Å². The predicted molar refractivity (Wildman–Crippen MR) is 171 cm³/mol. The molecule has 0 unspecified atom stereocenters. The van der Waals surface area contributed by atoms with E-state index in [4.69, 9.17) is 14.2 Å². The van der Waals surface area contributed by atoms with Crippen LogP contribution in [-0.4, -0.2) is 65.1 Å². The van der Waals surface area contributed by atoms with Gasteiger partial charge in [-0.05, 0) is 68.7 Å². The van der Waals surface area contributed by atoms with Crippen molar-refractivity contribution in [3.63, 3.8) is 0 Å². The number of benzene rings is 3. The van der Waals surface area contributed by atoms with Gasteiger partial charge < -0.3 is 24.4 Å². The van der Waals surface area contributed by atoms with Crippen LogP contribution in [0.3, 0.4) is 0 Å². The lowest BCUT2D eigenvalue weighted by Gasteiger charge is -2.34. The van der Waals surface area contributed by atoms with E-state index < -0.39 is 28.5 Å². The van der Waals surface area contributed by atoms with Crippen molar-refractivity contribution < 1.29 is 32.2 Å². The van der Waals surface area contributed by atoms with E-state index in [0.717, 1.165) is 15.4 Å². The summed E-state index contributed by atoms with van der Waals surface area (Å²) in [6.45, 7) is 7.01. The van der Waals surface area contributed by atoms with Crippen molar-refractivity contribution in [2.75, 3.05) is 32.2 Å². The predicted octanol–water partition coefficient (Wildman–Crippen LogP) is 4.94. The molecule has 3 aromatic rings. The van der Waals surface area contributed by atoms with Crippen LogP contribution in [0.5, 0.6) is 17.2 Å². The van der Waals surface area contributed by atoms with Gasteiger partial charge in [0, 0.05) is 18.7 Å². The molecule has 2 amide bonds. The number of nitrogens with one attached hydrogen (secondary N) is 1. The lowest BCUT2D eigenvalue weighted by atomic mass is 10.1. The third-order valence-electron chi connectivity index (χ3n) is 7.44. The summed E-state index contributed by atoms with van der Waals surface area (Å²) in [6.07, 6.45) is 1.03. The van der Waals surface area contributed by atoms with Crippen molar-refractivity contribution >= 4 is 27.5 Å². The van der Waals surface area contributed by atoms with Crippen LogP contribution in [0, 0.1) is 6.92 Å². The topological polar surface area (TPSA) is 114 Å². The number of aryl methyl sites for hydroxylation is 1. The van der Waals surface area contributed by atoms with E-state index in [1.165, 1.54) is 37.3 Å². The molecule has 0 aliphatic rings. The molecule has 0 saturated heterocycles. The molecule has 0 spiro atoms. The first-order valence-corrected chi connectivity index (χ1v) is 16.0. The first-order valence-electron chi connectivity index (χ1n) is 14.5. The van der Waals surface area contributed by atoms with Gasteiger partial charge in [-0.15, -0.1) is 0 Å². The second kappa shape index (κ2) is 15.5. The molecular formula is C33H43N3O7S. The fourth-order valence-corrected chi connectivity index (χ4v) is 6.05. The summed E-state index contributed by atoms with van der Waals surface area (Å²) >= 11 is 0. The Morgan fingerprint density at radius 3 is 2.00 bits per heavy atom. The quantitative estimate of drug-likeness (QED) is 0.255. The molecule has 0 fully saturated rings. The van der Waals surface area contributed by atoms with Gasteiger partial charge >= 0.3 is 0 Å². The molecular weight excluding hydrogens is 582 g/mol. The molecule has 0 heterocycles. The Labute approximate surface area is 261 Å². The number of sulfonamides is 1. The number of amides is 2. The summed E-state index contributed by atoms with van der Waals surface area (Å²) in [7, 11) is 0.170. The minimum absolute atomic E-state index is 0.00373. The average molecular weight is 626 g/mol. The smallest absolute Gasteiger partial charge is 0.264 e. The third-order valence-corrected chi connectivity index (χ3v) is 9.22. The summed E-state index contributed by atoms with van der Waals surface area (Å²) in [6, 6.07) is 17.3. The molecule has 10 nitrogen and oxygen atoms in total. The highest BCUT2D eigenvalue weighted by molar-refractivity contribution is 7.92. The second-order valence-electron chi connectivity index (χ2n) is 10.5. The van der Waals surface area contributed by atoms with E-state index in [1.54, 1.807) is 43.5 Å². The number of hydrogen-bond donors (Lipinski definition) is 1. The molecule has 44 heavy (non-hydrogen) atoms. The molecule has 3 rings (SSSR count). The van der Waals surface area contributed by atoms with E-state index in [-0.39, 0.29) is 34.8 Å². The van der Waals surface area contributed by atoms with E-state index in [0.29, 0.717) is 24.3 Å². The summed E-state index contributed by atoms with van der Waals surface area (Å²) < 4.78 is 45.7. The van der Waals surface area contributed by atoms with Crippen LogP contribution in [0.4, 0.5) is 5.69 Å². The lowest BCUT2D eigenvalue weighted by molar-refractivity contribution is -0.140. The van der Waals surface area contributed by atoms with Crippen molar-refractivity contribution in [3.8, 4) is 17.2 Å². The van der Waals surface area contributed by atoms with Crippen molar-refractivity contribution in [3.05, 3.63) is 77.9 Å². The molecule has 0 aliphatic heterocycles. The molecule has 11 heteroatoms. The minimum atomic E-state index is -4.28. The van der Waals surface area contributed by atoms with Gasteiger partial charge in [0.05, 0.1) is 31.9 Å². The standard InChI is InChI=1S/C33H43N3O7S/c1-8-24(4)34-33(38)29(9-2)35(21-25-12-14-26(41-5)15-13-25)32(37)22-36(30-20-27(42-6)16-19-31(30)43-7)44(39,40)28-17-10-23(3)11-18-28/h10-20,24,29H,8-9,21-22H2,1-7H3,(H,34,38)/t24-,29-/m1/s1. The normalized spacial score (nSPS) is 12.5. The zero-order valence-corrected chi connectivity index (χ0v) is 27.3. The Bertz CT molecular complexity index is 1510. The minimum Gasteiger partial charge on any atom is -0.497 e. The number of nitrogens with zero attached hydrogens (tertiary/aromatic N) is 2. The van der Waals surface area contributed by atoms with Crippen molar-refractivity contribution in [2.45, 2.75) is 64.1 Å². The number of carbonyl (C=O) groups excluding carboxylic acids is 2. The highest BCUT2D eigenvalue weighted by Gasteiger charge is 2.35. The van der Waals surface area contributed by atoms with E-state index in [2.05, 4.69) is 5.32 Å². The second-order valence-corrected chi connectivity index (χ2v) is 12.3. The maximum absolute atomic E-state index is 14.3. The first kappa shape index (κ1) is 34.2. The zero-order valence-electron chi connectivity index (χ0n) is 26.5. The van der Waals surface area contributed by atoms with Crippen molar-refractivity contribution in [1.29, 1.82) is 0 Å². The molecule has 0 bridgehead atoms. The number of carbonyl (C=O) groups is 2. The van der Waals surface area contributed by atoms with E-state index in [1.807, 2.05) is 39.8 Å². The highest BCUT2D eigenvalue weighted by atomic mass is 32.2. The SMILES string of the molecule is CC[C@@H](C)NC(=O)[C@@H](CC)N(Cc1ccc(OC)cc1)C(=O)CN(c1cc(OC)ccc1OC)S(=O)(=O)c1ccc(C)cc1. The molecule has 238 valence electrons. The van der Waals surface area contributed by atoms with Gasteiger partial charge in [-0.2, -0.15) is 0 Å². The number of methoxy groups -OCH3 is 3. The summed E-state index contributed by atoms with van der Waals surface area (Å²) in [5.41, 5.74) is 1.76. The van der Waals surface area contributed by atoms with Crippen LogP contribution in [0.25, 0.3) is 0 Å². The first-order chi connectivity index (χ1) is 21.0. The molecule has 2 atom stereocenters. The van der Waals surface area contributed by atoms with Crippen LogP contribution in [0.2, 0.25) is 0 Å². The number of hydrogen-bond acceptors (Lipinski definition) is 7. The van der Waals surface area contributed by atoms with Crippen molar-refractivity contribution in [2.24, 2.45) is 0 Å². The number of anilines is 1. The van der Waals surface area contributed by atoms with Crippen LogP contribution in [0.15, 0.2) is 71.6 Å². The number of rotatable bonds is 15. The van der Waals surface area contributed by atoms with Crippen LogP contribution >= 0.6 is 0 Å². The zero-order chi connectivity index (χ0) is 32.4. The van der Waals surface area contributed by atoms with Crippen LogP contribution in [0.1, 0.15) is 44.7 Å². The van der Waals surface area contributed by atoms with Gasteiger partial charge in [0.25, 0.3) is 10.0 Å². The summed E-state index contributed by atoms with van der Waals surface area (Å²) in [5.74, 6) is 0.390. The molecule has 3 aromatic carbocycles. The number of ether oxygens (including phenoxy) is 3. The Morgan fingerprint density at radius 2 is 1.45 bits per heavy atom. The Hall–Kier alpha value is -4.25. The van der Waals surface area contributed by atoms with E-state index in [9.17, 15) is 18.0 Å². The average Bonchev–Trinajstić information content (AvgIpc) is 3.03. The molecule has 0 aromatic heterocycles. The third kappa shape index (κ3) is 8.22. The monoisotopic (exact) mass is 625 g/mol. The molecule has 0 saturated carbocycles. The van der Waals surface area contributed by atoms with Gasteiger partial charge in [-0.1, -0.05) is 43.7 Å². The van der Waals surface area contributed by atoms with Gasteiger partial charge in [0.1, 0.15) is 29.8 Å². The van der Waals surface area contributed by atoms with Gasteiger partial charge in [-0.3, -0.25) is 13.9 Å². The highest BCUT2D eigenvalue weighted by Crippen LogP contribution is 2.36. The Morgan fingerprint density at radius 1 is 0.841 bits per heavy atom. The summed E-state index contributed by atoms with van der Waals surface area (Å²) in [5, 5.41) is 2.98. The molecule has 0 aliphatic carbocycles. The largest absolute Gasteiger partial charge is 0.497 e. The van der Waals surface area contributed by atoms with E-state index >= 15 is 0 Å². The summed E-state index contributed by atoms with van der Waals surface area (Å²) in [4.78, 5) is 29.3.